The van der Waals surface area contributed by atoms with Crippen LogP contribution in [0.15, 0.2) is 78.6 Å². The summed E-state index contributed by atoms with van der Waals surface area (Å²) in [5.74, 6) is -1.91. The molecule has 1 amide bonds. The monoisotopic (exact) mass is 546 g/mol. The van der Waals surface area contributed by atoms with E-state index in [2.05, 4.69) is 11.6 Å². The van der Waals surface area contributed by atoms with Crippen molar-refractivity contribution < 1.29 is 33.7 Å². The molecule has 0 saturated carbocycles. The Morgan fingerprint density at radius 1 is 1.13 bits per heavy atom. The molecule has 0 saturated heterocycles. The number of rotatable bonds is 10. The van der Waals surface area contributed by atoms with Crippen molar-refractivity contribution in [3.8, 4) is 11.5 Å². The van der Waals surface area contributed by atoms with E-state index in [1.165, 1.54) is 31.3 Å². The quantitative estimate of drug-likeness (QED) is 0.215. The largest absolute Gasteiger partial charge is 0.503 e. The molecule has 0 spiro atoms. The van der Waals surface area contributed by atoms with E-state index in [1.54, 1.807) is 31.2 Å². The van der Waals surface area contributed by atoms with Crippen LogP contribution in [0, 0.1) is 6.92 Å². The minimum atomic E-state index is -1.06. The van der Waals surface area contributed by atoms with Crippen LogP contribution < -0.4 is 14.4 Å². The van der Waals surface area contributed by atoms with E-state index in [0.717, 1.165) is 16.9 Å². The van der Waals surface area contributed by atoms with E-state index in [4.69, 9.17) is 14.2 Å². The summed E-state index contributed by atoms with van der Waals surface area (Å²) in [7, 11) is 2.95. The third kappa shape index (κ3) is 5.46. The number of aliphatic hydroxyl groups excluding tert-OH is 1. The minimum absolute atomic E-state index is 0.0111. The molecule has 0 aliphatic carbocycles. The maximum Gasteiger partial charge on any atom is 0.350 e. The van der Waals surface area contributed by atoms with E-state index >= 15 is 0 Å². The lowest BCUT2D eigenvalue weighted by Gasteiger charge is -2.25. The summed E-state index contributed by atoms with van der Waals surface area (Å²) < 4.78 is 15.9. The summed E-state index contributed by atoms with van der Waals surface area (Å²) in [5, 5.41) is 11.1. The Morgan fingerprint density at radius 2 is 1.85 bits per heavy atom. The van der Waals surface area contributed by atoms with Crippen LogP contribution in [-0.4, -0.2) is 48.6 Å². The molecule has 0 radical (unpaired) electrons. The zero-order chi connectivity index (χ0) is 28.1. The maximum atomic E-state index is 13.5. The van der Waals surface area contributed by atoms with E-state index in [9.17, 15) is 19.5 Å². The average Bonchev–Trinajstić information content (AvgIpc) is 3.46. The van der Waals surface area contributed by atoms with Gasteiger partial charge in [0.2, 0.25) is 0 Å². The third-order valence-electron chi connectivity index (χ3n) is 5.93. The molecule has 9 nitrogen and oxygen atoms in total. The van der Waals surface area contributed by atoms with E-state index in [0.29, 0.717) is 22.8 Å². The highest BCUT2D eigenvalue weighted by Crippen LogP contribution is 2.44. The van der Waals surface area contributed by atoms with Crippen LogP contribution in [-0.2, 0) is 14.3 Å². The summed E-state index contributed by atoms with van der Waals surface area (Å²) in [4.78, 5) is 45.3. The number of methoxy groups -OCH3 is 2. The van der Waals surface area contributed by atoms with Gasteiger partial charge in [-0.3, -0.25) is 14.5 Å². The Hall–Kier alpha value is -4.70. The first-order chi connectivity index (χ1) is 18.8. The lowest BCUT2D eigenvalue weighted by atomic mass is 9.95. The van der Waals surface area contributed by atoms with Crippen molar-refractivity contribution in [2.45, 2.75) is 13.0 Å². The van der Waals surface area contributed by atoms with Crippen molar-refractivity contribution >= 4 is 40.2 Å². The molecule has 1 unspecified atom stereocenters. The number of aromatic nitrogens is 1. The second-order valence-electron chi connectivity index (χ2n) is 8.36. The molecular weight excluding hydrogens is 520 g/mol. The van der Waals surface area contributed by atoms with Crippen LogP contribution >= 0.6 is 11.3 Å². The number of allylic oxidation sites excluding steroid dienone is 1. The number of esters is 1. The molecule has 1 N–H and O–H groups in total. The molecule has 2 heterocycles. The van der Waals surface area contributed by atoms with Gasteiger partial charge in [-0.2, -0.15) is 0 Å². The molecule has 1 aliphatic rings. The number of hydrogen-bond acceptors (Lipinski definition) is 9. The van der Waals surface area contributed by atoms with Crippen LogP contribution in [0.1, 0.15) is 32.5 Å². The van der Waals surface area contributed by atoms with Gasteiger partial charge in [0.05, 0.1) is 31.5 Å². The van der Waals surface area contributed by atoms with E-state index < -0.39 is 29.5 Å². The topological polar surface area (TPSA) is 115 Å². The highest BCUT2D eigenvalue weighted by molar-refractivity contribution is 7.17. The Kier molecular flexibility index (Phi) is 8.26. The van der Waals surface area contributed by atoms with Gasteiger partial charge < -0.3 is 19.3 Å². The number of amides is 1. The fourth-order valence-corrected chi connectivity index (χ4v) is 5.08. The number of thiazole rings is 1. The Balaban J connectivity index is 1.82. The summed E-state index contributed by atoms with van der Waals surface area (Å²) in [6, 6.07) is 13.0. The Morgan fingerprint density at radius 3 is 2.51 bits per heavy atom. The SMILES string of the molecule is C=CCOC(=O)c1sc(N2C(=O)C(O)=C(C(=O)/C=C/c3ccccc3)C2c2ccc(OC)c(OC)c2)nc1C. The number of anilines is 1. The highest BCUT2D eigenvalue weighted by atomic mass is 32.1. The first-order valence-corrected chi connectivity index (χ1v) is 12.6. The Bertz CT molecular complexity index is 1490. The number of aliphatic hydroxyl groups is 1. The summed E-state index contributed by atoms with van der Waals surface area (Å²) >= 11 is 0.923. The zero-order valence-electron chi connectivity index (χ0n) is 21.5. The highest BCUT2D eigenvalue weighted by Gasteiger charge is 2.45. The van der Waals surface area contributed by atoms with Gasteiger partial charge in [0.1, 0.15) is 11.5 Å². The molecule has 3 aromatic rings. The molecule has 0 fully saturated rings. The number of benzene rings is 2. The smallest absolute Gasteiger partial charge is 0.350 e. The van der Waals surface area contributed by atoms with Crippen molar-refractivity contribution in [2.75, 3.05) is 25.7 Å². The van der Waals surface area contributed by atoms with Crippen molar-refractivity contribution in [1.82, 2.24) is 4.98 Å². The molecule has 39 heavy (non-hydrogen) atoms. The molecule has 4 rings (SSSR count). The molecule has 200 valence electrons. The first-order valence-electron chi connectivity index (χ1n) is 11.8. The number of ketones is 1. The normalized spacial score (nSPS) is 15.1. The van der Waals surface area contributed by atoms with Crippen LogP contribution in [0.2, 0.25) is 0 Å². The van der Waals surface area contributed by atoms with Gasteiger partial charge in [-0.15, -0.1) is 0 Å². The predicted molar refractivity (Wildman–Crippen MR) is 147 cm³/mol. The summed E-state index contributed by atoms with van der Waals surface area (Å²) in [6.45, 7) is 5.15. The van der Waals surface area contributed by atoms with Crippen molar-refractivity contribution in [3.63, 3.8) is 0 Å². The fraction of sp³-hybridized carbons (Fsp3) is 0.172. The van der Waals surface area contributed by atoms with Crippen molar-refractivity contribution in [2.24, 2.45) is 0 Å². The van der Waals surface area contributed by atoms with Crippen molar-refractivity contribution in [3.05, 3.63) is 100 Å². The number of ether oxygens (including phenoxy) is 3. The van der Waals surface area contributed by atoms with Gasteiger partial charge in [-0.05, 0) is 36.3 Å². The van der Waals surface area contributed by atoms with Crippen LogP contribution in [0.3, 0.4) is 0 Å². The molecule has 1 aromatic heterocycles. The van der Waals surface area contributed by atoms with Crippen LogP contribution in [0.4, 0.5) is 5.13 Å². The van der Waals surface area contributed by atoms with Gasteiger partial charge in [-0.1, -0.05) is 66.5 Å². The molecule has 10 heteroatoms. The minimum Gasteiger partial charge on any atom is -0.503 e. The molecular formula is C29H26N2O7S. The number of hydrogen-bond donors (Lipinski definition) is 1. The van der Waals surface area contributed by atoms with Crippen LogP contribution in [0.25, 0.3) is 6.08 Å². The summed E-state index contributed by atoms with van der Waals surface area (Å²) in [6.07, 6.45) is 4.34. The average molecular weight is 547 g/mol. The first kappa shape index (κ1) is 27.3. The van der Waals surface area contributed by atoms with Gasteiger partial charge in [0, 0.05) is 0 Å². The van der Waals surface area contributed by atoms with Gasteiger partial charge in [-0.25, -0.2) is 9.78 Å². The van der Waals surface area contributed by atoms with Crippen LogP contribution in [0.5, 0.6) is 11.5 Å². The number of aryl methyl sites for hydroxylation is 1. The lowest BCUT2D eigenvalue weighted by molar-refractivity contribution is -0.117. The number of carbonyl (C=O) groups excluding carboxylic acids is 3. The second-order valence-corrected chi connectivity index (χ2v) is 9.34. The number of carbonyl (C=O) groups is 3. The summed E-state index contributed by atoms with van der Waals surface area (Å²) in [5.41, 5.74) is 1.44. The predicted octanol–water partition coefficient (Wildman–Crippen LogP) is 4.99. The van der Waals surface area contributed by atoms with Gasteiger partial charge >= 0.3 is 5.97 Å². The van der Waals surface area contributed by atoms with Crippen molar-refractivity contribution in [1.29, 1.82) is 0 Å². The van der Waals surface area contributed by atoms with E-state index in [1.807, 2.05) is 30.3 Å². The molecule has 1 aliphatic heterocycles. The molecule has 1 atom stereocenters. The van der Waals surface area contributed by atoms with Gasteiger partial charge in [0.25, 0.3) is 5.91 Å². The zero-order valence-corrected chi connectivity index (χ0v) is 22.4. The fourth-order valence-electron chi connectivity index (χ4n) is 4.09. The Labute approximate surface area is 229 Å². The lowest BCUT2D eigenvalue weighted by Crippen LogP contribution is -2.30. The third-order valence-corrected chi connectivity index (χ3v) is 7.07. The van der Waals surface area contributed by atoms with E-state index in [-0.39, 0.29) is 22.2 Å². The molecule has 0 bridgehead atoms. The van der Waals surface area contributed by atoms with Gasteiger partial charge in [0.15, 0.2) is 28.2 Å². The second kappa shape index (κ2) is 11.8. The number of nitrogens with zero attached hydrogens (tertiary/aromatic N) is 2. The maximum absolute atomic E-state index is 13.5. The standard InChI is InChI=1S/C29H26N2O7S/c1-5-15-38-28(35)26-17(2)30-29(39-26)31-24(19-12-14-21(36-3)22(16-19)37-4)23(25(33)27(31)34)20(32)13-11-18-9-7-6-8-10-18/h5-14,16,24,33H,1,15H2,2-4H3/b13-11+. The molecule has 2 aromatic carbocycles.